The third-order valence-corrected chi connectivity index (χ3v) is 1.80. The topological polar surface area (TPSA) is 53.3 Å². The van der Waals surface area contributed by atoms with Crippen LogP contribution in [0.4, 0.5) is 0 Å². The molecule has 0 amide bonds. The van der Waals surface area contributed by atoms with E-state index in [1.807, 2.05) is 28.2 Å². The molecule has 4 N–H and O–H groups in total. The molecule has 0 bridgehead atoms. The Balaban J connectivity index is 3.68. The summed E-state index contributed by atoms with van der Waals surface area (Å²) >= 11 is 0. The lowest BCUT2D eigenvalue weighted by Crippen LogP contribution is -2.47. The summed E-state index contributed by atoms with van der Waals surface area (Å²) in [6, 6.07) is 0. The van der Waals surface area contributed by atoms with Crippen LogP contribution < -0.4 is 16.4 Å². The monoisotopic (exact) mass is 160 g/mol. The van der Waals surface area contributed by atoms with E-state index in [9.17, 15) is 0 Å². The van der Waals surface area contributed by atoms with Crippen LogP contribution in [0.25, 0.3) is 0 Å². The highest BCUT2D eigenvalue weighted by Crippen LogP contribution is 1.95. The van der Waals surface area contributed by atoms with Gasteiger partial charge in [-0.05, 0) is 28.2 Å². The Bertz CT molecular complexity index is 94.4. The number of rotatable bonds is 5. The summed E-state index contributed by atoms with van der Waals surface area (Å²) in [7, 11) is 7.87. The van der Waals surface area contributed by atoms with E-state index < -0.39 is 0 Å². The van der Waals surface area contributed by atoms with Crippen molar-refractivity contribution in [3.63, 3.8) is 0 Å². The molecule has 0 saturated carbocycles. The van der Waals surface area contributed by atoms with Gasteiger partial charge in [-0.2, -0.15) is 0 Å². The number of nitrogens with one attached hydrogen (secondary N) is 2. The Labute approximate surface area is 69.1 Å². The maximum Gasteiger partial charge on any atom is 0.0617 e. The van der Waals surface area contributed by atoms with Gasteiger partial charge in [-0.25, -0.2) is 0 Å². The lowest BCUT2D eigenvalue weighted by atomic mass is 10.2. The second-order valence-corrected chi connectivity index (χ2v) is 2.90. The summed E-state index contributed by atoms with van der Waals surface area (Å²) in [6.45, 7) is 0. The molecule has 0 fully saturated rings. The molecule has 4 heteroatoms. The predicted octanol–water partition coefficient (Wildman–Crippen LogP) is -1.01. The van der Waals surface area contributed by atoms with E-state index in [-0.39, 0.29) is 6.17 Å². The first-order chi connectivity index (χ1) is 5.11. The molecule has 0 aliphatic carbocycles. The fourth-order valence-corrected chi connectivity index (χ4v) is 0.945. The largest absolute Gasteiger partial charge is 0.316 e. The van der Waals surface area contributed by atoms with E-state index in [0.29, 0.717) is 6.17 Å². The minimum absolute atomic E-state index is 0.0647. The van der Waals surface area contributed by atoms with Gasteiger partial charge in [0.2, 0.25) is 0 Å². The Morgan fingerprint density at radius 2 is 1.82 bits per heavy atom. The number of hydrogen-bond acceptors (Lipinski definition) is 4. The van der Waals surface area contributed by atoms with Gasteiger partial charge in [-0.15, -0.1) is 0 Å². The van der Waals surface area contributed by atoms with Crippen LogP contribution in [0.15, 0.2) is 0 Å². The van der Waals surface area contributed by atoms with E-state index >= 15 is 0 Å². The Hall–Kier alpha value is -0.160. The van der Waals surface area contributed by atoms with E-state index in [4.69, 9.17) is 5.73 Å². The molecule has 0 heterocycles. The molecular weight excluding hydrogens is 140 g/mol. The molecule has 11 heavy (non-hydrogen) atoms. The van der Waals surface area contributed by atoms with Crippen molar-refractivity contribution in [3.05, 3.63) is 0 Å². The second-order valence-electron chi connectivity index (χ2n) is 2.90. The molecule has 0 aromatic carbocycles. The zero-order chi connectivity index (χ0) is 8.85. The van der Waals surface area contributed by atoms with Gasteiger partial charge in [0.25, 0.3) is 0 Å². The molecular formula is C7H20N4. The van der Waals surface area contributed by atoms with Gasteiger partial charge in [0.15, 0.2) is 0 Å². The lowest BCUT2D eigenvalue weighted by molar-refractivity contribution is 0.226. The quantitative estimate of drug-likeness (QED) is 0.451. The van der Waals surface area contributed by atoms with Crippen LogP contribution in [0.2, 0.25) is 0 Å². The second kappa shape index (κ2) is 5.49. The maximum absolute atomic E-state index is 5.71. The zero-order valence-corrected chi connectivity index (χ0v) is 7.89. The Morgan fingerprint density at radius 3 is 2.09 bits per heavy atom. The van der Waals surface area contributed by atoms with E-state index in [1.54, 1.807) is 0 Å². The minimum Gasteiger partial charge on any atom is -0.316 e. The third-order valence-electron chi connectivity index (χ3n) is 1.80. The first-order valence-electron chi connectivity index (χ1n) is 3.88. The van der Waals surface area contributed by atoms with Crippen LogP contribution >= 0.6 is 0 Å². The molecule has 0 radical (unpaired) electrons. The normalized spacial score (nSPS) is 16.9. The molecule has 0 aromatic heterocycles. The molecule has 0 aliphatic heterocycles. The van der Waals surface area contributed by atoms with Crippen molar-refractivity contribution < 1.29 is 0 Å². The fourth-order valence-electron chi connectivity index (χ4n) is 0.945. The van der Waals surface area contributed by atoms with Crippen molar-refractivity contribution >= 4 is 0 Å². The summed E-state index contributed by atoms with van der Waals surface area (Å²) in [5.41, 5.74) is 5.71. The highest BCUT2D eigenvalue weighted by atomic mass is 15.2. The highest BCUT2D eigenvalue weighted by Gasteiger charge is 2.11. The molecule has 0 spiro atoms. The molecule has 4 nitrogen and oxygen atoms in total. The van der Waals surface area contributed by atoms with Crippen molar-refractivity contribution in [1.29, 1.82) is 0 Å². The van der Waals surface area contributed by atoms with Gasteiger partial charge in [0.1, 0.15) is 0 Å². The molecule has 0 aromatic rings. The van der Waals surface area contributed by atoms with Crippen molar-refractivity contribution in [1.82, 2.24) is 15.5 Å². The fraction of sp³-hybridized carbons (Fsp3) is 1.00. The average molecular weight is 160 g/mol. The van der Waals surface area contributed by atoms with Crippen LogP contribution in [0.1, 0.15) is 6.42 Å². The minimum atomic E-state index is 0.0647. The zero-order valence-electron chi connectivity index (χ0n) is 7.89. The van der Waals surface area contributed by atoms with Crippen LogP contribution in [0.5, 0.6) is 0 Å². The van der Waals surface area contributed by atoms with Gasteiger partial charge in [-0.3, -0.25) is 4.90 Å². The molecule has 0 aliphatic rings. The first-order valence-corrected chi connectivity index (χ1v) is 3.88. The summed E-state index contributed by atoms with van der Waals surface area (Å²) < 4.78 is 0. The van der Waals surface area contributed by atoms with Crippen LogP contribution in [0.3, 0.4) is 0 Å². The van der Waals surface area contributed by atoms with Gasteiger partial charge in [0, 0.05) is 6.42 Å². The molecule has 0 rings (SSSR count). The summed E-state index contributed by atoms with van der Waals surface area (Å²) in [5.74, 6) is 0. The van der Waals surface area contributed by atoms with Crippen molar-refractivity contribution in [2.45, 2.75) is 18.8 Å². The standard InChI is InChI=1S/C7H20N4/c1-9-6(8)5-7(10-2)11(3)4/h6-7,9-10H,5,8H2,1-4H3. The van der Waals surface area contributed by atoms with Gasteiger partial charge < -0.3 is 16.4 Å². The lowest BCUT2D eigenvalue weighted by Gasteiger charge is -2.26. The molecule has 0 saturated heterocycles. The number of nitrogens with two attached hydrogens (primary N) is 1. The maximum atomic E-state index is 5.71. The summed E-state index contributed by atoms with van der Waals surface area (Å²) in [5, 5.41) is 6.17. The molecule has 2 unspecified atom stereocenters. The highest BCUT2D eigenvalue weighted by molar-refractivity contribution is 4.67. The van der Waals surface area contributed by atoms with E-state index in [2.05, 4.69) is 15.5 Å². The SMILES string of the molecule is CNC(N)CC(NC)N(C)C. The summed E-state index contributed by atoms with van der Waals surface area (Å²) in [4.78, 5) is 2.11. The average Bonchev–Trinajstić information content (AvgIpc) is 1.99. The number of hydrogen-bond donors (Lipinski definition) is 3. The Morgan fingerprint density at radius 1 is 1.27 bits per heavy atom. The van der Waals surface area contributed by atoms with Crippen LogP contribution in [-0.4, -0.2) is 45.4 Å². The first kappa shape index (κ1) is 10.8. The van der Waals surface area contributed by atoms with Gasteiger partial charge in [-0.1, -0.05) is 0 Å². The van der Waals surface area contributed by atoms with Crippen LogP contribution in [0, 0.1) is 0 Å². The van der Waals surface area contributed by atoms with Gasteiger partial charge in [0.05, 0.1) is 12.3 Å². The van der Waals surface area contributed by atoms with Crippen molar-refractivity contribution in [2.24, 2.45) is 5.73 Å². The van der Waals surface area contributed by atoms with E-state index in [1.165, 1.54) is 0 Å². The van der Waals surface area contributed by atoms with E-state index in [0.717, 1.165) is 6.42 Å². The molecule has 2 atom stereocenters. The van der Waals surface area contributed by atoms with Crippen molar-refractivity contribution in [2.75, 3.05) is 28.2 Å². The van der Waals surface area contributed by atoms with Crippen molar-refractivity contribution in [3.8, 4) is 0 Å². The van der Waals surface area contributed by atoms with Crippen LogP contribution in [-0.2, 0) is 0 Å². The summed E-state index contributed by atoms with van der Waals surface area (Å²) in [6.07, 6.45) is 1.31. The predicted molar refractivity (Wildman–Crippen MR) is 48.2 cm³/mol. The Kier molecular flexibility index (Phi) is 5.41. The smallest absolute Gasteiger partial charge is 0.0617 e. The molecule has 68 valence electrons. The number of nitrogens with zero attached hydrogens (tertiary/aromatic N) is 1. The van der Waals surface area contributed by atoms with Gasteiger partial charge >= 0.3 is 0 Å². The third kappa shape index (κ3) is 4.31.